The molecule has 4 aromatic rings. The Morgan fingerprint density at radius 3 is 1.95 bits per heavy atom. The second kappa shape index (κ2) is 11.7. The molecule has 0 aliphatic rings. The molecule has 0 spiro atoms. The first-order chi connectivity index (χ1) is 18.9. The van der Waals surface area contributed by atoms with E-state index in [0.29, 0.717) is 17.0 Å². The molecule has 0 radical (unpaired) electrons. The van der Waals surface area contributed by atoms with Crippen molar-refractivity contribution in [2.24, 2.45) is 5.92 Å². The average Bonchev–Trinajstić information content (AvgIpc) is 3.34. The largest absolute Gasteiger partial charge is 0.458 e. The van der Waals surface area contributed by atoms with Crippen molar-refractivity contribution < 1.29 is 27.5 Å². The molecule has 1 N–H and O–H groups in total. The Morgan fingerprint density at radius 1 is 0.900 bits per heavy atom. The molecule has 2 unspecified atom stereocenters. The molecular weight excluding hydrogens is 528 g/mol. The van der Waals surface area contributed by atoms with Crippen molar-refractivity contribution in [3.8, 4) is 11.1 Å². The molecule has 3 aromatic carbocycles. The van der Waals surface area contributed by atoms with Crippen molar-refractivity contribution in [1.29, 1.82) is 0 Å². The average molecular weight is 563 g/mol. The van der Waals surface area contributed by atoms with E-state index in [0.717, 1.165) is 16.5 Å². The molecule has 4 rings (SSSR count). The fraction of sp³-hybridized carbons (Fsp3) is 0.290. The van der Waals surface area contributed by atoms with Gasteiger partial charge in [0.25, 0.3) is 17.2 Å². The molecule has 0 saturated heterocycles. The number of para-hydroxylation sites is 1. The van der Waals surface area contributed by atoms with Crippen molar-refractivity contribution in [2.45, 2.75) is 46.3 Å². The highest BCUT2D eigenvalue weighted by Crippen LogP contribution is 2.30. The van der Waals surface area contributed by atoms with Crippen LogP contribution in [0.3, 0.4) is 0 Å². The Morgan fingerprint density at radius 2 is 1.45 bits per heavy atom. The van der Waals surface area contributed by atoms with Crippen molar-refractivity contribution in [3.05, 3.63) is 84.6 Å². The van der Waals surface area contributed by atoms with Crippen LogP contribution in [0.5, 0.6) is 0 Å². The number of amides is 1. The number of ether oxygens (including phenoxy) is 1. The van der Waals surface area contributed by atoms with Gasteiger partial charge in [-0.25, -0.2) is 9.00 Å². The summed E-state index contributed by atoms with van der Waals surface area (Å²) < 4.78 is 34.9. The van der Waals surface area contributed by atoms with Crippen LogP contribution in [0.25, 0.3) is 22.1 Å². The number of hydrogen-bond donors (Lipinski definition) is 1. The van der Waals surface area contributed by atoms with Crippen molar-refractivity contribution in [1.82, 2.24) is 0 Å². The van der Waals surface area contributed by atoms with Gasteiger partial charge in [-0.3, -0.25) is 13.7 Å². The molecule has 2 atom stereocenters. The van der Waals surface area contributed by atoms with E-state index >= 15 is 0 Å². The number of nitrogens with zero attached hydrogens (tertiary/aromatic N) is 2. The van der Waals surface area contributed by atoms with E-state index in [9.17, 15) is 18.4 Å². The molecule has 1 heterocycles. The summed E-state index contributed by atoms with van der Waals surface area (Å²) in [6.45, 7) is 8.89. The summed E-state index contributed by atoms with van der Waals surface area (Å²) in [5.41, 5.74) is 2.81. The number of anilines is 2. The summed E-state index contributed by atoms with van der Waals surface area (Å²) >= 11 is -2.45. The van der Waals surface area contributed by atoms with Crippen molar-refractivity contribution in [2.75, 3.05) is 16.3 Å². The Kier molecular flexibility index (Phi) is 8.46. The normalized spacial score (nSPS) is 13.2. The lowest BCUT2D eigenvalue weighted by molar-refractivity contribution is -0.157. The van der Waals surface area contributed by atoms with Crippen LogP contribution >= 0.6 is 0 Å². The second-order valence-electron chi connectivity index (χ2n) is 10.9. The van der Waals surface area contributed by atoms with Gasteiger partial charge in [0, 0.05) is 18.1 Å². The fourth-order valence-corrected chi connectivity index (χ4v) is 5.22. The number of hydrogen-bond acceptors (Lipinski definition) is 5. The Hall–Kier alpha value is -3.95. The predicted octanol–water partition coefficient (Wildman–Crippen LogP) is 6.69. The Labute approximate surface area is 237 Å². The van der Waals surface area contributed by atoms with Crippen LogP contribution in [0.1, 0.15) is 45.2 Å². The fourth-order valence-electron chi connectivity index (χ4n) is 4.40. The SMILES string of the molecule is CC(C)C(C(=O)OC(C)(C)C)N(c1ccc(-c2ccc(N(C)C(=O)c3cc4ccccc4o3)cc2)cc1)S(=O)O. The number of rotatable bonds is 8. The van der Waals surface area contributed by atoms with Crippen LogP contribution in [0.15, 0.2) is 83.3 Å². The van der Waals surface area contributed by atoms with Gasteiger partial charge in [-0.2, -0.15) is 0 Å². The molecule has 0 saturated carbocycles. The lowest BCUT2D eigenvalue weighted by atomic mass is 10.0. The van der Waals surface area contributed by atoms with E-state index in [1.165, 1.54) is 9.21 Å². The zero-order valence-corrected chi connectivity index (χ0v) is 24.3. The van der Waals surface area contributed by atoms with Gasteiger partial charge in [0.2, 0.25) is 0 Å². The molecule has 9 heteroatoms. The maximum atomic E-state index is 13.0. The summed E-state index contributed by atoms with van der Waals surface area (Å²) in [6, 6.07) is 22.8. The van der Waals surface area contributed by atoms with Gasteiger partial charge >= 0.3 is 5.97 Å². The smallest absolute Gasteiger partial charge is 0.330 e. The first-order valence-electron chi connectivity index (χ1n) is 13.0. The van der Waals surface area contributed by atoms with Gasteiger partial charge in [-0.05, 0) is 74.2 Å². The molecular formula is C31H34N2O6S. The van der Waals surface area contributed by atoms with Crippen molar-refractivity contribution >= 4 is 45.5 Å². The van der Waals surface area contributed by atoms with Crippen LogP contribution in [-0.2, 0) is 20.8 Å². The third-order valence-electron chi connectivity index (χ3n) is 6.35. The molecule has 0 aliphatic carbocycles. The number of furan rings is 1. The van der Waals surface area contributed by atoms with Gasteiger partial charge in [0.1, 0.15) is 17.2 Å². The maximum absolute atomic E-state index is 13.0. The van der Waals surface area contributed by atoms with Crippen LogP contribution in [0, 0.1) is 5.92 Å². The zero-order valence-electron chi connectivity index (χ0n) is 23.5. The lowest BCUT2D eigenvalue weighted by Gasteiger charge is -2.33. The molecule has 0 bridgehead atoms. The number of carbonyl (C=O) groups is 2. The molecule has 1 aromatic heterocycles. The van der Waals surface area contributed by atoms with Gasteiger partial charge < -0.3 is 14.1 Å². The van der Waals surface area contributed by atoms with Crippen LogP contribution in [0.4, 0.5) is 11.4 Å². The highest BCUT2D eigenvalue weighted by molar-refractivity contribution is 7.80. The number of benzene rings is 3. The quantitative estimate of drug-likeness (QED) is 0.190. The highest BCUT2D eigenvalue weighted by atomic mass is 32.2. The van der Waals surface area contributed by atoms with Crippen molar-refractivity contribution in [3.63, 3.8) is 0 Å². The summed E-state index contributed by atoms with van der Waals surface area (Å²) in [5, 5.41) is 0.868. The maximum Gasteiger partial charge on any atom is 0.330 e. The topological polar surface area (TPSA) is 100 Å². The van der Waals surface area contributed by atoms with Gasteiger partial charge in [-0.1, -0.05) is 56.3 Å². The molecule has 210 valence electrons. The zero-order chi connectivity index (χ0) is 29.2. The number of carbonyl (C=O) groups excluding carboxylic acids is 2. The summed E-state index contributed by atoms with van der Waals surface area (Å²) in [4.78, 5) is 27.5. The first kappa shape index (κ1) is 29.0. The molecule has 0 fully saturated rings. The summed E-state index contributed by atoms with van der Waals surface area (Å²) in [7, 11) is 1.69. The molecule has 0 aliphatic heterocycles. The second-order valence-corrected chi connectivity index (χ2v) is 11.7. The third-order valence-corrected chi connectivity index (χ3v) is 7.13. The summed E-state index contributed by atoms with van der Waals surface area (Å²) in [5.74, 6) is -0.835. The molecule has 40 heavy (non-hydrogen) atoms. The molecule has 1 amide bonds. The predicted molar refractivity (Wildman–Crippen MR) is 159 cm³/mol. The monoisotopic (exact) mass is 562 g/mol. The third kappa shape index (κ3) is 6.43. The first-order valence-corrected chi connectivity index (χ1v) is 14.0. The minimum Gasteiger partial charge on any atom is -0.458 e. The summed E-state index contributed by atoms with van der Waals surface area (Å²) in [6.07, 6.45) is 0. The van der Waals surface area contributed by atoms with Gasteiger partial charge in [0.05, 0.1) is 5.69 Å². The van der Waals surface area contributed by atoms with Crippen LogP contribution in [0.2, 0.25) is 0 Å². The Balaban J connectivity index is 1.53. The van der Waals surface area contributed by atoms with Gasteiger partial charge in [-0.15, -0.1) is 0 Å². The Bertz CT molecular complexity index is 1490. The van der Waals surface area contributed by atoms with E-state index in [1.54, 1.807) is 59.9 Å². The van der Waals surface area contributed by atoms with Gasteiger partial charge in [0.15, 0.2) is 5.76 Å². The number of esters is 1. The van der Waals surface area contributed by atoms with E-state index in [4.69, 9.17) is 9.15 Å². The number of fused-ring (bicyclic) bond motifs is 1. The van der Waals surface area contributed by atoms with E-state index in [2.05, 4.69) is 0 Å². The molecule has 8 nitrogen and oxygen atoms in total. The minimum absolute atomic E-state index is 0.255. The van der Waals surface area contributed by atoms with Crippen LogP contribution in [-0.4, -0.2) is 39.3 Å². The lowest BCUT2D eigenvalue weighted by Crippen LogP contribution is -2.48. The highest BCUT2D eigenvalue weighted by Gasteiger charge is 2.36. The van der Waals surface area contributed by atoms with E-state index in [1.807, 2.05) is 60.7 Å². The van der Waals surface area contributed by atoms with Crippen LogP contribution < -0.4 is 9.21 Å². The minimum atomic E-state index is -2.45. The van der Waals surface area contributed by atoms with E-state index in [-0.39, 0.29) is 17.6 Å². The standard InChI is InChI=1S/C31H34N2O6S/c1-20(2)28(30(35)39-31(3,4)5)33(40(36)37)25-17-13-22(14-18-25)21-11-15-24(16-12-21)32(6)29(34)27-19-23-9-7-8-10-26(23)38-27/h7-20,28H,1-6H3,(H,36,37). The van der Waals surface area contributed by atoms with E-state index < -0.39 is 28.9 Å².